The van der Waals surface area contributed by atoms with Gasteiger partial charge in [-0.2, -0.15) is 5.10 Å². The first kappa shape index (κ1) is 22.5. The first-order chi connectivity index (χ1) is 15.5. The van der Waals surface area contributed by atoms with Crippen LogP contribution in [0.4, 0.5) is 0 Å². The van der Waals surface area contributed by atoms with E-state index in [1.165, 1.54) is 19.3 Å². The van der Waals surface area contributed by atoms with Crippen LogP contribution in [0.2, 0.25) is 0 Å². The van der Waals surface area contributed by atoms with Crippen LogP contribution in [-0.2, 0) is 11.3 Å². The highest BCUT2D eigenvalue weighted by Gasteiger charge is 2.25. The molecule has 3 heterocycles. The fraction of sp³-hybridized carbons (Fsp3) is 0.560. The highest BCUT2D eigenvalue weighted by atomic mass is 16.2. The summed E-state index contributed by atoms with van der Waals surface area (Å²) in [7, 11) is 0. The van der Waals surface area contributed by atoms with Crippen molar-refractivity contribution in [1.82, 2.24) is 24.5 Å². The molecule has 0 N–H and O–H groups in total. The van der Waals surface area contributed by atoms with Gasteiger partial charge in [0.2, 0.25) is 5.91 Å². The molecular weight excluding hydrogens is 402 g/mol. The summed E-state index contributed by atoms with van der Waals surface area (Å²) >= 11 is 0. The number of aromatic nitrogens is 2. The number of amides is 2. The minimum atomic E-state index is 0.00773. The van der Waals surface area contributed by atoms with Gasteiger partial charge in [-0.25, -0.2) is 0 Å². The van der Waals surface area contributed by atoms with Gasteiger partial charge in [0.05, 0.1) is 12.2 Å². The Kier molecular flexibility index (Phi) is 7.25. The van der Waals surface area contributed by atoms with E-state index in [0.717, 1.165) is 43.1 Å². The molecule has 0 radical (unpaired) electrons. The molecule has 2 aliphatic rings. The Morgan fingerprint density at radius 2 is 1.69 bits per heavy atom. The molecule has 2 aromatic rings. The lowest BCUT2D eigenvalue weighted by Gasteiger charge is -2.29. The SMILES string of the molecule is Cc1cc(C)n(Cc2ccc(C(=O)N3CCC(=O)N(CCN4CCCCC4)CC3)cc2)n1. The summed E-state index contributed by atoms with van der Waals surface area (Å²) in [4.78, 5) is 31.9. The van der Waals surface area contributed by atoms with Gasteiger partial charge in [0, 0.05) is 50.4 Å². The fourth-order valence-electron chi connectivity index (χ4n) is 4.69. The van der Waals surface area contributed by atoms with Crippen molar-refractivity contribution < 1.29 is 9.59 Å². The van der Waals surface area contributed by atoms with Gasteiger partial charge in [0.15, 0.2) is 0 Å². The van der Waals surface area contributed by atoms with Crippen molar-refractivity contribution in [2.45, 2.75) is 46.1 Å². The molecule has 2 fully saturated rings. The number of hydrogen-bond acceptors (Lipinski definition) is 4. The number of rotatable bonds is 6. The minimum absolute atomic E-state index is 0.00773. The van der Waals surface area contributed by atoms with Crippen molar-refractivity contribution in [2.24, 2.45) is 0 Å². The van der Waals surface area contributed by atoms with Gasteiger partial charge < -0.3 is 14.7 Å². The lowest BCUT2D eigenvalue weighted by molar-refractivity contribution is -0.130. The van der Waals surface area contributed by atoms with Crippen molar-refractivity contribution in [3.8, 4) is 0 Å². The number of likely N-dealkylation sites (tertiary alicyclic amines) is 1. The Morgan fingerprint density at radius 1 is 0.938 bits per heavy atom. The second-order valence-electron chi connectivity index (χ2n) is 9.11. The van der Waals surface area contributed by atoms with E-state index < -0.39 is 0 Å². The molecule has 1 aromatic heterocycles. The average Bonchev–Trinajstić information content (AvgIpc) is 3.00. The van der Waals surface area contributed by atoms with Crippen LogP contribution in [0, 0.1) is 13.8 Å². The molecule has 0 atom stereocenters. The summed E-state index contributed by atoms with van der Waals surface area (Å²) in [6.07, 6.45) is 4.24. The third-order valence-corrected chi connectivity index (χ3v) is 6.65. The zero-order valence-corrected chi connectivity index (χ0v) is 19.4. The molecule has 7 nitrogen and oxygen atoms in total. The number of nitrogens with zero attached hydrogens (tertiary/aromatic N) is 5. The van der Waals surface area contributed by atoms with Crippen LogP contribution in [0.5, 0.6) is 0 Å². The van der Waals surface area contributed by atoms with E-state index in [4.69, 9.17) is 0 Å². The fourth-order valence-corrected chi connectivity index (χ4v) is 4.69. The molecule has 0 aliphatic carbocycles. The van der Waals surface area contributed by atoms with Gasteiger partial charge in [-0.15, -0.1) is 0 Å². The van der Waals surface area contributed by atoms with Crippen LogP contribution in [0.3, 0.4) is 0 Å². The zero-order valence-electron chi connectivity index (χ0n) is 19.4. The molecule has 0 unspecified atom stereocenters. The number of piperidine rings is 1. The van der Waals surface area contributed by atoms with Gasteiger partial charge in [-0.3, -0.25) is 14.3 Å². The van der Waals surface area contributed by atoms with Crippen molar-refractivity contribution >= 4 is 11.8 Å². The maximum Gasteiger partial charge on any atom is 0.253 e. The van der Waals surface area contributed by atoms with Crippen molar-refractivity contribution in [3.63, 3.8) is 0 Å². The predicted molar refractivity (Wildman–Crippen MR) is 125 cm³/mol. The zero-order chi connectivity index (χ0) is 22.5. The molecule has 32 heavy (non-hydrogen) atoms. The average molecular weight is 438 g/mol. The number of carbonyl (C=O) groups is 2. The summed E-state index contributed by atoms with van der Waals surface area (Å²) in [5, 5.41) is 4.51. The smallest absolute Gasteiger partial charge is 0.253 e. The third-order valence-electron chi connectivity index (χ3n) is 6.65. The van der Waals surface area contributed by atoms with Gasteiger partial charge in [0.1, 0.15) is 0 Å². The molecule has 2 saturated heterocycles. The topological polar surface area (TPSA) is 61.7 Å². The quantitative estimate of drug-likeness (QED) is 0.697. The van der Waals surface area contributed by atoms with E-state index in [-0.39, 0.29) is 11.8 Å². The van der Waals surface area contributed by atoms with Crippen LogP contribution in [0.25, 0.3) is 0 Å². The van der Waals surface area contributed by atoms with Gasteiger partial charge in [-0.05, 0) is 63.5 Å². The number of aryl methyl sites for hydroxylation is 2. The van der Waals surface area contributed by atoms with Crippen molar-refractivity contribution in [3.05, 3.63) is 52.8 Å². The summed E-state index contributed by atoms with van der Waals surface area (Å²) in [6, 6.07) is 9.85. The van der Waals surface area contributed by atoms with Crippen molar-refractivity contribution in [2.75, 3.05) is 45.8 Å². The van der Waals surface area contributed by atoms with E-state index in [1.54, 1.807) is 0 Å². The molecule has 2 amide bonds. The number of hydrogen-bond donors (Lipinski definition) is 0. The van der Waals surface area contributed by atoms with Crippen LogP contribution < -0.4 is 0 Å². The highest BCUT2D eigenvalue weighted by Crippen LogP contribution is 2.14. The van der Waals surface area contributed by atoms with Crippen LogP contribution >= 0.6 is 0 Å². The van der Waals surface area contributed by atoms with E-state index in [2.05, 4.69) is 16.1 Å². The number of carbonyl (C=O) groups excluding carboxylic acids is 2. The second kappa shape index (κ2) is 10.3. The maximum atomic E-state index is 13.1. The van der Waals surface area contributed by atoms with E-state index in [0.29, 0.717) is 38.2 Å². The van der Waals surface area contributed by atoms with Gasteiger partial charge in [-0.1, -0.05) is 18.6 Å². The normalized spacial score (nSPS) is 18.1. The summed E-state index contributed by atoms with van der Waals surface area (Å²) in [5.74, 6) is 0.172. The van der Waals surface area contributed by atoms with E-state index >= 15 is 0 Å². The van der Waals surface area contributed by atoms with Crippen LogP contribution in [-0.4, -0.2) is 82.1 Å². The van der Waals surface area contributed by atoms with Crippen LogP contribution in [0.15, 0.2) is 30.3 Å². The molecule has 172 valence electrons. The lowest BCUT2D eigenvalue weighted by Crippen LogP contribution is -2.41. The van der Waals surface area contributed by atoms with E-state index in [9.17, 15) is 9.59 Å². The Morgan fingerprint density at radius 3 is 2.38 bits per heavy atom. The second-order valence-corrected chi connectivity index (χ2v) is 9.11. The molecule has 1 aromatic carbocycles. The first-order valence-electron chi connectivity index (χ1n) is 11.9. The number of benzene rings is 1. The summed E-state index contributed by atoms with van der Waals surface area (Å²) < 4.78 is 1.98. The highest BCUT2D eigenvalue weighted by molar-refractivity contribution is 5.94. The third kappa shape index (κ3) is 5.57. The molecule has 0 bridgehead atoms. The predicted octanol–water partition coefficient (Wildman–Crippen LogP) is 2.71. The lowest BCUT2D eigenvalue weighted by atomic mass is 10.1. The minimum Gasteiger partial charge on any atom is -0.340 e. The molecule has 0 spiro atoms. The van der Waals surface area contributed by atoms with Gasteiger partial charge in [0.25, 0.3) is 5.91 Å². The van der Waals surface area contributed by atoms with Crippen molar-refractivity contribution in [1.29, 1.82) is 0 Å². The summed E-state index contributed by atoms with van der Waals surface area (Å²) in [6.45, 7) is 10.4. The maximum absolute atomic E-state index is 13.1. The molecular formula is C25H35N5O2. The molecule has 7 heteroatoms. The standard InChI is InChI=1S/C25H35N5O2/c1-20-18-21(2)30(26-20)19-22-6-8-23(9-7-22)25(32)29-13-10-24(31)28(16-17-29)15-14-27-11-4-3-5-12-27/h6-9,18H,3-5,10-17,19H2,1-2H3. The molecule has 4 rings (SSSR count). The Labute approximate surface area is 191 Å². The van der Waals surface area contributed by atoms with E-state index in [1.807, 2.05) is 52.6 Å². The van der Waals surface area contributed by atoms with Gasteiger partial charge >= 0.3 is 0 Å². The Bertz CT molecular complexity index is 930. The Hall–Kier alpha value is -2.67. The Balaban J connectivity index is 1.31. The largest absolute Gasteiger partial charge is 0.340 e. The summed E-state index contributed by atoms with van der Waals surface area (Å²) in [5.41, 5.74) is 3.93. The monoisotopic (exact) mass is 437 g/mol. The molecule has 2 aliphatic heterocycles. The first-order valence-corrected chi connectivity index (χ1v) is 11.9. The van der Waals surface area contributed by atoms with Crippen LogP contribution in [0.1, 0.15) is 53.0 Å². The molecule has 0 saturated carbocycles.